The molecule has 3 heteroatoms. The molecule has 0 fully saturated rings. The summed E-state index contributed by atoms with van der Waals surface area (Å²) >= 11 is 5.49. The van der Waals surface area contributed by atoms with E-state index >= 15 is 0 Å². The lowest BCUT2D eigenvalue weighted by Crippen LogP contribution is -2.28. The smallest absolute Gasteiger partial charge is 0.0348 e. The molecule has 1 atom stereocenters. The molecule has 2 nitrogen and oxygen atoms in total. The second-order valence-electron chi connectivity index (χ2n) is 2.48. The van der Waals surface area contributed by atoms with Crippen molar-refractivity contribution in [3.8, 4) is 0 Å². The molecular weight excluding hydrogens is 148 g/mol. The summed E-state index contributed by atoms with van der Waals surface area (Å²) in [5, 5.41) is 3.28. The van der Waals surface area contributed by atoms with Gasteiger partial charge in [-0.05, 0) is 26.3 Å². The molecule has 0 aromatic heterocycles. The Balaban J connectivity index is 3.00. The Hall–Kier alpha value is 0.210. The molecule has 0 heterocycles. The zero-order chi connectivity index (χ0) is 7.82. The highest BCUT2D eigenvalue weighted by atomic mass is 35.5. The zero-order valence-corrected chi connectivity index (χ0v) is 7.32. The maximum absolute atomic E-state index is 5.49. The number of nitrogens with two attached hydrogens (primary N) is 1. The Morgan fingerprint density at radius 2 is 2.30 bits per heavy atom. The minimum absolute atomic E-state index is 0.558. The molecule has 0 aliphatic heterocycles. The van der Waals surface area contributed by atoms with Crippen molar-refractivity contribution in [2.45, 2.75) is 25.8 Å². The van der Waals surface area contributed by atoms with Gasteiger partial charge in [0.15, 0.2) is 0 Å². The van der Waals surface area contributed by atoms with Gasteiger partial charge >= 0.3 is 0 Å². The van der Waals surface area contributed by atoms with Crippen LogP contribution in [-0.4, -0.2) is 25.0 Å². The minimum Gasteiger partial charge on any atom is -0.330 e. The predicted octanol–water partition coefficient (Wildman–Crippen LogP) is 0.942. The van der Waals surface area contributed by atoms with E-state index in [0.717, 1.165) is 25.9 Å². The van der Waals surface area contributed by atoms with Crippen molar-refractivity contribution in [3.63, 3.8) is 0 Å². The first kappa shape index (κ1) is 10.2. The molecule has 0 radical (unpaired) electrons. The van der Waals surface area contributed by atoms with Crippen LogP contribution in [0.25, 0.3) is 0 Å². The topological polar surface area (TPSA) is 38.0 Å². The molecule has 1 unspecified atom stereocenters. The third-order valence-corrected chi connectivity index (χ3v) is 1.62. The summed E-state index contributed by atoms with van der Waals surface area (Å²) in [7, 11) is 0. The third kappa shape index (κ3) is 6.33. The van der Waals surface area contributed by atoms with E-state index in [1.54, 1.807) is 0 Å². The number of alkyl halides is 1. The number of halogens is 1. The van der Waals surface area contributed by atoms with Gasteiger partial charge in [0.1, 0.15) is 0 Å². The summed E-state index contributed by atoms with van der Waals surface area (Å²) < 4.78 is 0. The van der Waals surface area contributed by atoms with Crippen molar-refractivity contribution in [2.75, 3.05) is 19.0 Å². The molecular formula is C7H17ClN2. The third-order valence-electron chi connectivity index (χ3n) is 1.43. The van der Waals surface area contributed by atoms with Gasteiger partial charge in [0.2, 0.25) is 0 Å². The van der Waals surface area contributed by atoms with Crippen LogP contribution in [0.2, 0.25) is 0 Å². The van der Waals surface area contributed by atoms with Crippen molar-refractivity contribution in [1.29, 1.82) is 0 Å². The van der Waals surface area contributed by atoms with Crippen LogP contribution >= 0.6 is 11.6 Å². The average molecular weight is 165 g/mol. The first-order chi connectivity index (χ1) is 4.81. The molecule has 0 saturated heterocycles. The van der Waals surface area contributed by atoms with Crippen LogP contribution in [0.4, 0.5) is 0 Å². The molecule has 0 saturated carbocycles. The number of nitrogens with one attached hydrogen (secondary N) is 1. The Kier molecular flexibility index (Phi) is 7.47. The van der Waals surface area contributed by atoms with E-state index in [4.69, 9.17) is 17.3 Å². The summed E-state index contributed by atoms with van der Waals surface area (Å²) in [5.41, 5.74) is 5.35. The Morgan fingerprint density at radius 1 is 1.60 bits per heavy atom. The van der Waals surface area contributed by atoms with Crippen LogP contribution in [0, 0.1) is 0 Å². The molecule has 0 aliphatic rings. The van der Waals surface area contributed by atoms with Crippen molar-refractivity contribution in [1.82, 2.24) is 5.32 Å². The van der Waals surface area contributed by atoms with E-state index in [0.29, 0.717) is 11.9 Å². The molecule has 0 aromatic carbocycles. The SMILES string of the molecule is CC(CCCN)NCCCl. The fourth-order valence-electron chi connectivity index (χ4n) is 0.827. The molecule has 3 N–H and O–H groups in total. The monoisotopic (exact) mass is 164 g/mol. The molecule has 0 bridgehead atoms. The van der Waals surface area contributed by atoms with Crippen LogP contribution in [0.15, 0.2) is 0 Å². The number of hydrogen-bond acceptors (Lipinski definition) is 2. The van der Waals surface area contributed by atoms with Gasteiger partial charge in [0.05, 0.1) is 0 Å². The van der Waals surface area contributed by atoms with Gasteiger partial charge in [0.25, 0.3) is 0 Å². The van der Waals surface area contributed by atoms with E-state index < -0.39 is 0 Å². The maximum Gasteiger partial charge on any atom is 0.0348 e. The molecule has 0 amide bonds. The largest absolute Gasteiger partial charge is 0.330 e. The maximum atomic E-state index is 5.49. The van der Waals surface area contributed by atoms with Gasteiger partial charge < -0.3 is 11.1 Å². The van der Waals surface area contributed by atoms with E-state index in [1.165, 1.54) is 0 Å². The highest BCUT2D eigenvalue weighted by molar-refractivity contribution is 6.18. The summed E-state index contributed by atoms with van der Waals surface area (Å²) in [5.74, 6) is 0.687. The summed E-state index contributed by atoms with van der Waals surface area (Å²) in [6, 6.07) is 0.558. The number of rotatable bonds is 6. The standard InChI is InChI=1S/C7H17ClN2/c1-7(3-2-5-9)10-6-4-8/h7,10H,2-6,9H2,1H3. The highest BCUT2D eigenvalue weighted by Crippen LogP contribution is 1.93. The Morgan fingerprint density at radius 3 is 2.80 bits per heavy atom. The average Bonchev–Trinajstić information content (AvgIpc) is 1.97. The molecule has 0 aromatic rings. The predicted molar refractivity (Wildman–Crippen MR) is 46.5 cm³/mol. The van der Waals surface area contributed by atoms with Crippen molar-refractivity contribution >= 4 is 11.6 Å². The fourth-order valence-corrected chi connectivity index (χ4v) is 0.936. The van der Waals surface area contributed by atoms with Gasteiger partial charge in [0, 0.05) is 18.5 Å². The quantitative estimate of drug-likeness (QED) is 0.574. The van der Waals surface area contributed by atoms with E-state index in [-0.39, 0.29) is 0 Å². The van der Waals surface area contributed by atoms with Gasteiger partial charge in [-0.15, -0.1) is 11.6 Å². The summed E-state index contributed by atoms with van der Waals surface area (Å²) in [6.45, 7) is 3.84. The van der Waals surface area contributed by atoms with Crippen molar-refractivity contribution < 1.29 is 0 Å². The van der Waals surface area contributed by atoms with Crippen LogP contribution in [0.3, 0.4) is 0 Å². The summed E-state index contributed by atoms with van der Waals surface area (Å²) in [4.78, 5) is 0. The fraction of sp³-hybridized carbons (Fsp3) is 1.00. The van der Waals surface area contributed by atoms with Gasteiger partial charge in [-0.1, -0.05) is 0 Å². The normalized spacial score (nSPS) is 13.5. The van der Waals surface area contributed by atoms with Crippen LogP contribution in [0.5, 0.6) is 0 Å². The molecule has 0 rings (SSSR count). The minimum atomic E-state index is 0.558. The zero-order valence-electron chi connectivity index (χ0n) is 6.57. The second-order valence-corrected chi connectivity index (χ2v) is 2.85. The van der Waals surface area contributed by atoms with Crippen LogP contribution in [0.1, 0.15) is 19.8 Å². The van der Waals surface area contributed by atoms with Crippen LogP contribution < -0.4 is 11.1 Å². The molecule has 62 valence electrons. The first-order valence-electron chi connectivity index (χ1n) is 3.80. The lowest BCUT2D eigenvalue weighted by Gasteiger charge is -2.10. The van der Waals surface area contributed by atoms with Crippen LogP contribution in [-0.2, 0) is 0 Å². The highest BCUT2D eigenvalue weighted by Gasteiger charge is 1.97. The van der Waals surface area contributed by atoms with E-state index in [1.807, 2.05) is 0 Å². The van der Waals surface area contributed by atoms with Crippen molar-refractivity contribution in [2.24, 2.45) is 5.73 Å². The molecule has 0 spiro atoms. The number of hydrogen-bond donors (Lipinski definition) is 2. The van der Waals surface area contributed by atoms with E-state index in [9.17, 15) is 0 Å². The first-order valence-corrected chi connectivity index (χ1v) is 4.34. The van der Waals surface area contributed by atoms with E-state index in [2.05, 4.69) is 12.2 Å². The summed E-state index contributed by atoms with van der Waals surface area (Å²) in [6.07, 6.45) is 2.24. The lowest BCUT2D eigenvalue weighted by atomic mass is 10.2. The Labute approximate surface area is 68.1 Å². The molecule has 0 aliphatic carbocycles. The van der Waals surface area contributed by atoms with Crippen molar-refractivity contribution in [3.05, 3.63) is 0 Å². The second kappa shape index (κ2) is 7.32. The Bertz CT molecular complexity index is 60.6. The molecule has 10 heavy (non-hydrogen) atoms. The van der Waals surface area contributed by atoms with Gasteiger partial charge in [-0.25, -0.2) is 0 Å². The van der Waals surface area contributed by atoms with Gasteiger partial charge in [-0.2, -0.15) is 0 Å². The lowest BCUT2D eigenvalue weighted by molar-refractivity contribution is 0.517. The van der Waals surface area contributed by atoms with Gasteiger partial charge in [-0.3, -0.25) is 0 Å².